The second-order valence-corrected chi connectivity index (χ2v) is 6.05. The van der Waals surface area contributed by atoms with Gasteiger partial charge in [-0.15, -0.1) is 12.4 Å². The van der Waals surface area contributed by atoms with Gasteiger partial charge in [-0.1, -0.05) is 16.8 Å². The SMILES string of the molecule is Cl.O=C(CCc1nc(-c2ccc(Cl)cc2)no1)NCC1CCCN1. The molecule has 2 N–H and O–H groups in total. The maximum Gasteiger partial charge on any atom is 0.227 e. The molecule has 0 spiro atoms. The lowest BCUT2D eigenvalue weighted by molar-refractivity contribution is -0.121. The molecule has 24 heavy (non-hydrogen) atoms. The maximum atomic E-state index is 11.8. The first-order valence-corrected chi connectivity index (χ1v) is 8.17. The van der Waals surface area contributed by atoms with E-state index >= 15 is 0 Å². The van der Waals surface area contributed by atoms with E-state index in [1.807, 2.05) is 12.1 Å². The van der Waals surface area contributed by atoms with Crippen molar-refractivity contribution in [3.63, 3.8) is 0 Å². The van der Waals surface area contributed by atoms with Gasteiger partial charge in [0.1, 0.15) is 0 Å². The summed E-state index contributed by atoms with van der Waals surface area (Å²) in [6.45, 7) is 1.72. The third kappa shape index (κ3) is 5.19. The number of carbonyl (C=O) groups excluding carboxylic acids is 1. The lowest BCUT2D eigenvalue weighted by Crippen LogP contribution is -2.37. The second-order valence-electron chi connectivity index (χ2n) is 5.62. The molecule has 1 aromatic carbocycles. The summed E-state index contributed by atoms with van der Waals surface area (Å²) in [5.74, 6) is 0.973. The summed E-state index contributed by atoms with van der Waals surface area (Å²) < 4.78 is 5.19. The average molecular weight is 371 g/mol. The van der Waals surface area contributed by atoms with Crippen LogP contribution in [0.1, 0.15) is 25.2 Å². The Morgan fingerprint density at radius 3 is 2.88 bits per heavy atom. The van der Waals surface area contributed by atoms with Crippen molar-refractivity contribution in [2.75, 3.05) is 13.1 Å². The quantitative estimate of drug-likeness (QED) is 0.816. The summed E-state index contributed by atoms with van der Waals surface area (Å²) in [5, 5.41) is 10.9. The van der Waals surface area contributed by atoms with Crippen LogP contribution in [-0.4, -0.2) is 35.2 Å². The van der Waals surface area contributed by atoms with Crippen molar-refractivity contribution in [3.05, 3.63) is 35.2 Å². The van der Waals surface area contributed by atoms with Crippen LogP contribution in [0.2, 0.25) is 5.02 Å². The third-order valence-electron chi connectivity index (χ3n) is 3.84. The van der Waals surface area contributed by atoms with Gasteiger partial charge in [0.15, 0.2) is 0 Å². The highest BCUT2D eigenvalue weighted by molar-refractivity contribution is 6.30. The first kappa shape index (κ1) is 18.7. The molecule has 2 heterocycles. The van der Waals surface area contributed by atoms with Gasteiger partial charge in [0, 0.05) is 36.0 Å². The minimum atomic E-state index is 0. The highest BCUT2D eigenvalue weighted by Gasteiger charge is 2.15. The number of aromatic nitrogens is 2. The van der Waals surface area contributed by atoms with Gasteiger partial charge in [-0.3, -0.25) is 4.79 Å². The molecule has 1 aliphatic rings. The molecule has 130 valence electrons. The van der Waals surface area contributed by atoms with E-state index in [0.29, 0.717) is 42.2 Å². The fourth-order valence-electron chi connectivity index (χ4n) is 2.55. The van der Waals surface area contributed by atoms with Crippen LogP contribution in [0.5, 0.6) is 0 Å². The molecule has 1 saturated heterocycles. The van der Waals surface area contributed by atoms with Gasteiger partial charge < -0.3 is 15.2 Å². The zero-order valence-electron chi connectivity index (χ0n) is 13.1. The first-order chi connectivity index (χ1) is 11.2. The number of amides is 1. The molecular formula is C16H20Cl2N4O2. The number of nitrogens with one attached hydrogen (secondary N) is 2. The van der Waals surface area contributed by atoms with E-state index in [4.69, 9.17) is 16.1 Å². The van der Waals surface area contributed by atoms with Gasteiger partial charge >= 0.3 is 0 Å². The molecule has 3 rings (SSSR count). The molecule has 8 heteroatoms. The van der Waals surface area contributed by atoms with Crippen LogP contribution in [-0.2, 0) is 11.2 Å². The van der Waals surface area contributed by atoms with Gasteiger partial charge in [0.05, 0.1) is 0 Å². The molecular weight excluding hydrogens is 351 g/mol. The summed E-state index contributed by atoms with van der Waals surface area (Å²) in [6.07, 6.45) is 3.07. The van der Waals surface area contributed by atoms with E-state index in [0.717, 1.165) is 18.5 Å². The minimum absolute atomic E-state index is 0. The molecule has 0 bridgehead atoms. The van der Waals surface area contributed by atoms with Crippen LogP contribution in [0, 0.1) is 0 Å². The molecule has 1 amide bonds. The van der Waals surface area contributed by atoms with Crippen molar-refractivity contribution >= 4 is 29.9 Å². The number of rotatable bonds is 6. The van der Waals surface area contributed by atoms with Crippen LogP contribution in [0.3, 0.4) is 0 Å². The van der Waals surface area contributed by atoms with Crippen LogP contribution in [0.4, 0.5) is 0 Å². The zero-order valence-corrected chi connectivity index (χ0v) is 14.7. The summed E-state index contributed by atoms with van der Waals surface area (Å²) in [4.78, 5) is 16.2. The molecule has 0 aliphatic carbocycles. The van der Waals surface area contributed by atoms with Gasteiger partial charge in [0.25, 0.3) is 0 Å². The molecule has 1 aliphatic heterocycles. The highest BCUT2D eigenvalue weighted by Crippen LogP contribution is 2.18. The Kier molecular flexibility index (Phi) is 7.02. The van der Waals surface area contributed by atoms with Crippen molar-refractivity contribution in [2.45, 2.75) is 31.7 Å². The summed E-state index contributed by atoms with van der Waals surface area (Å²) in [5.41, 5.74) is 0.834. The third-order valence-corrected chi connectivity index (χ3v) is 4.10. The molecule has 1 atom stereocenters. The molecule has 0 radical (unpaired) electrons. The van der Waals surface area contributed by atoms with Gasteiger partial charge in [-0.25, -0.2) is 0 Å². The van der Waals surface area contributed by atoms with Gasteiger partial charge in [-0.05, 0) is 43.7 Å². The van der Waals surface area contributed by atoms with E-state index in [2.05, 4.69) is 20.8 Å². The normalized spacial score (nSPS) is 16.6. The Labute approximate surface area is 151 Å². The predicted octanol–water partition coefficient (Wildman–Crippen LogP) is 2.61. The van der Waals surface area contributed by atoms with Crippen molar-refractivity contribution in [2.24, 2.45) is 0 Å². The van der Waals surface area contributed by atoms with Crippen LogP contribution >= 0.6 is 24.0 Å². The Morgan fingerprint density at radius 2 is 2.17 bits per heavy atom. The fourth-order valence-corrected chi connectivity index (χ4v) is 2.68. The molecule has 0 saturated carbocycles. The summed E-state index contributed by atoms with van der Waals surface area (Å²) in [6, 6.07) is 7.62. The average Bonchev–Trinajstić information content (AvgIpc) is 3.23. The zero-order chi connectivity index (χ0) is 16.1. The maximum absolute atomic E-state index is 11.8. The van der Waals surface area contributed by atoms with E-state index in [9.17, 15) is 4.79 Å². The lowest BCUT2D eigenvalue weighted by Gasteiger charge is -2.10. The standard InChI is InChI=1S/C16H19ClN4O2.ClH/c17-12-5-3-11(4-6-12)16-20-15(23-21-16)8-7-14(22)19-10-13-2-1-9-18-13;/h3-6,13,18H,1-2,7-10H2,(H,19,22);1H. The van der Waals surface area contributed by atoms with Crippen molar-refractivity contribution in [3.8, 4) is 11.4 Å². The molecule has 1 unspecified atom stereocenters. The fraction of sp³-hybridized carbons (Fsp3) is 0.438. The highest BCUT2D eigenvalue weighted by atomic mass is 35.5. The topological polar surface area (TPSA) is 80.0 Å². The van der Waals surface area contributed by atoms with Crippen LogP contribution in [0.25, 0.3) is 11.4 Å². The van der Waals surface area contributed by atoms with Crippen molar-refractivity contribution in [1.29, 1.82) is 0 Å². The Bertz CT molecular complexity index is 654. The smallest absolute Gasteiger partial charge is 0.227 e. The van der Waals surface area contributed by atoms with Crippen molar-refractivity contribution in [1.82, 2.24) is 20.8 Å². The molecule has 1 aromatic heterocycles. The van der Waals surface area contributed by atoms with E-state index < -0.39 is 0 Å². The van der Waals surface area contributed by atoms with Crippen LogP contribution < -0.4 is 10.6 Å². The molecule has 6 nitrogen and oxygen atoms in total. The Morgan fingerprint density at radius 1 is 1.38 bits per heavy atom. The lowest BCUT2D eigenvalue weighted by atomic mass is 10.2. The second kappa shape index (κ2) is 9.01. The Balaban J connectivity index is 0.00000208. The summed E-state index contributed by atoms with van der Waals surface area (Å²) in [7, 11) is 0. The first-order valence-electron chi connectivity index (χ1n) is 7.79. The molecule has 1 fully saturated rings. The van der Waals surface area contributed by atoms with E-state index in [1.54, 1.807) is 12.1 Å². The number of halogens is 2. The number of carbonyl (C=O) groups is 1. The summed E-state index contributed by atoms with van der Waals surface area (Å²) >= 11 is 5.85. The van der Waals surface area contributed by atoms with E-state index in [1.165, 1.54) is 6.42 Å². The van der Waals surface area contributed by atoms with E-state index in [-0.39, 0.29) is 18.3 Å². The van der Waals surface area contributed by atoms with Gasteiger partial charge in [-0.2, -0.15) is 4.98 Å². The number of hydrogen-bond acceptors (Lipinski definition) is 5. The molecule has 2 aromatic rings. The predicted molar refractivity (Wildman–Crippen MR) is 94.3 cm³/mol. The Hall–Kier alpha value is -1.63. The van der Waals surface area contributed by atoms with Crippen molar-refractivity contribution < 1.29 is 9.32 Å². The van der Waals surface area contributed by atoms with Gasteiger partial charge in [0.2, 0.25) is 17.6 Å². The van der Waals surface area contributed by atoms with Crippen LogP contribution in [0.15, 0.2) is 28.8 Å². The number of hydrogen-bond donors (Lipinski definition) is 2. The minimum Gasteiger partial charge on any atom is -0.355 e. The largest absolute Gasteiger partial charge is 0.355 e. The number of benzene rings is 1. The number of aryl methyl sites for hydroxylation is 1. The number of nitrogens with zero attached hydrogens (tertiary/aromatic N) is 2. The monoisotopic (exact) mass is 370 g/mol.